The second-order valence-electron chi connectivity index (χ2n) is 6.85. The molecular weight excluding hydrogens is 344 g/mol. The molecule has 0 spiro atoms. The summed E-state index contributed by atoms with van der Waals surface area (Å²) in [5.41, 5.74) is 8.76. The molecule has 7 heteroatoms. The zero-order chi connectivity index (χ0) is 17.5. The summed E-state index contributed by atoms with van der Waals surface area (Å²) in [6.45, 7) is 3.33. The van der Waals surface area contributed by atoms with E-state index in [-0.39, 0.29) is 0 Å². The van der Waals surface area contributed by atoms with Crippen LogP contribution in [0.4, 0.5) is 5.82 Å². The van der Waals surface area contributed by atoms with Crippen molar-refractivity contribution in [2.75, 3.05) is 18.8 Å². The monoisotopic (exact) mass is 364 g/mol. The smallest absolute Gasteiger partial charge is 0.138 e. The number of aromatic nitrogens is 4. The summed E-state index contributed by atoms with van der Waals surface area (Å²) in [7, 11) is 0. The fourth-order valence-corrected chi connectivity index (χ4v) is 4.59. The van der Waals surface area contributed by atoms with E-state index in [2.05, 4.69) is 30.9 Å². The van der Waals surface area contributed by atoms with Crippen LogP contribution >= 0.6 is 11.3 Å². The number of nitrogens with zero attached hydrogens (tertiary/aromatic N) is 4. The fraction of sp³-hybridized carbons (Fsp3) is 0.316. The Kier molecular flexibility index (Phi) is 3.83. The lowest BCUT2D eigenvalue weighted by atomic mass is 10.1. The van der Waals surface area contributed by atoms with Gasteiger partial charge >= 0.3 is 0 Å². The van der Waals surface area contributed by atoms with Crippen molar-refractivity contribution in [2.24, 2.45) is 0 Å². The van der Waals surface area contributed by atoms with Gasteiger partial charge in [0.1, 0.15) is 16.5 Å². The first kappa shape index (κ1) is 15.7. The summed E-state index contributed by atoms with van der Waals surface area (Å²) in [5, 5.41) is 3.30. The number of rotatable bonds is 3. The van der Waals surface area contributed by atoms with Gasteiger partial charge in [0.05, 0.1) is 23.1 Å². The highest BCUT2D eigenvalue weighted by Crippen LogP contribution is 2.32. The summed E-state index contributed by atoms with van der Waals surface area (Å²) in [6, 6.07) is 4.06. The minimum atomic E-state index is 0.519. The number of nitrogen functional groups attached to an aromatic ring is 1. The molecule has 0 atom stereocenters. The summed E-state index contributed by atoms with van der Waals surface area (Å²) in [6.07, 6.45) is 9.60. The Morgan fingerprint density at radius 2 is 1.88 bits per heavy atom. The Morgan fingerprint density at radius 1 is 1.00 bits per heavy atom. The molecule has 5 heterocycles. The van der Waals surface area contributed by atoms with Gasteiger partial charge in [-0.3, -0.25) is 4.90 Å². The largest absolute Gasteiger partial charge is 0.384 e. The second-order valence-corrected chi connectivity index (χ2v) is 7.97. The molecule has 5 rings (SSSR count). The van der Waals surface area contributed by atoms with E-state index in [1.807, 2.05) is 18.5 Å². The summed E-state index contributed by atoms with van der Waals surface area (Å²) in [5.74, 6) is 0.519. The quantitative estimate of drug-likeness (QED) is 0.578. The average molecular weight is 364 g/mol. The molecule has 132 valence electrons. The molecule has 4 aromatic rings. The second kappa shape index (κ2) is 6.34. The molecule has 0 saturated carbocycles. The van der Waals surface area contributed by atoms with Gasteiger partial charge in [-0.05, 0) is 38.1 Å². The van der Waals surface area contributed by atoms with E-state index >= 15 is 0 Å². The number of nitrogens with two attached hydrogens (primary N) is 1. The number of pyridine rings is 2. The van der Waals surface area contributed by atoms with Gasteiger partial charge < -0.3 is 10.7 Å². The maximum atomic E-state index is 5.86. The van der Waals surface area contributed by atoms with Gasteiger partial charge in [-0.2, -0.15) is 0 Å². The normalized spacial score (nSPS) is 15.8. The van der Waals surface area contributed by atoms with Crippen molar-refractivity contribution >= 4 is 39.1 Å². The van der Waals surface area contributed by atoms with Crippen LogP contribution in [-0.2, 0) is 6.54 Å². The molecule has 1 fully saturated rings. The number of piperidine rings is 1. The Hall–Kier alpha value is -2.51. The highest BCUT2D eigenvalue weighted by molar-refractivity contribution is 7.15. The summed E-state index contributed by atoms with van der Waals surface area (Å²) in [4.78, 5) is 20.3. The van der Waals surface area contributed by atoms with Crippen LogP contribution in [0.3, 0.4) is 0 Å². The van der Waals surface area contributed by atoms with Crippen LogP contribution in [0.5, 0.6) is 0 Å². The molecule has 3 N–H and O–H groups in total. The molecule has 0 aromatic carbocycles. The van der Waals surface area contributed by atoms with Crippen LogP contribution in [-0.4, -0.2) is 37.9 Å². The summed E-state index contributed by atoms with van der Waals surface area (Å²) >= 11 is 1.76. The zero-order valence-electron chi connectivity index (χ0n) is 14.4. The minimum absolute atomic E-state index is 0.519. The molecule has 4 aromatic heterocycles. The van der Waals surface area contributed by atoms with E-state index in [0.29, 0.717) is 5.82 Å². The number of nitrogens with one attached hydrogen (secondary N) is 1. The minimum Gasteiger partial charge on any atom is -0.384 e. The van der Waals surface area contributed by atoms with Gasteiger partial charge in [0.25, 0.3) is 0 Å². The van der Waals surface area contributed by atoms with Crippen LogP contribution in [0.15, 0.2) is 30.7 Å². The van der Waals surface area contributed by atoms with E-state index in [1.54, 1.807) is 17.5 Å². The van der Waals surface area contributed by atoms with Crippen molar-refractivity contribution < 1.29 is 0 Å². The third-order valence-corrected chi connectivity index (χ3v) is 6.03. The van der Waals surface area contributed by atoms with Crippen molar-refractivity contribution in [3.05, 3.63) is 35.7 Å². The first-order valence-electron chi connectivity index (χ1n) is 8.97. The van der Waals surface area contributed by atoms with Crippen LogP contribution in [0.1, 0.15) is 24.3 Å². The highest BCUT2D eigenvalue weighted by atomic mass is 32.1. The molecule has 0 bridgehead atoms. The maximum Gasteiger partial charge on any atom is 0.138 e. The SMILES string of the molecule is Nc1cc2c(cn1)[nH]c1ncc(-c3cnc(CN4CCCCC4)s3)cc12. The number of hydrogen-bond donors (Lipinski definition) is 2. The maximum absolute atomic E-state index is 5.86. The average Bonchev–Trinajstić information content (AvgIpc) is 3.26. The number of anilines is 1. The van der Waals surface area contributed by atoms with E-state index in [0.717, 1.165) is 38.9 Å². The highest BCUT2D eigenvalue weighted by Gasteiger charge is 2.14. The topological polar surface area (TPSA) is 83.7 Å². The lowest BCUT2D eigenvalue weighted by Gasteiger charge is -2.25. The molecule has 1 saturated heterocycles. The van der Waals surface area contributed by atoms with Gasteiger partial charge in [0.15, 0.2) is 0 Å². The van der Waals surface area contributed by atoms with Crippen molar-refractivity contribution in [2.45, 2.75) is 25.8 Å². The molecule has 26 heavy (non-hydrogen) atoms. The van der Waals surface area contributed by atoms with E-state index in [9.17, 15) is 0 Å². The lowest BCUT2D eigenvalue weighted by Crippen LogP contribution is -2.28. The number of aromatic amines is 1. The van der Waals surface area contributed by atoms with Crippen molar-refractivity contribution in [3.8, 4) is 10.4 Å². The van der Waals surface area contributed by atoms with Crippen molar-refractivity contribution in [3.63, 3.8) is 0 Å². The predicted molar refractivity (Wildman–Crippen MR) is 106 cm³/mol. The van der Waals surface area contributed by atoms with Crippen LogP contribution in [0, 0.1) is 0 Å². The Bertz CT molecular complexity index is 1080. The molecule has 1 aliphatic heterocycles. The fourth-order valence-electron chi connectivity index (χ4n) is 3.65. The van der Waals surface area contributed by atoms with Gasteiger partial charge in [0, 0.05) is 28.7 Å². The number of hydrogen-bond acceptors (Lipinski definition) is 6. The number of H-pyrrole nitrogens is 1. The van der Waals surface area contributed by atoms with Gasteiger partial charge in [-0.15, -0.1) is 11.3 Å². The van der Waals surface area contributed by atoms with E-state index < -0.39 is 0 Å². The van der Waals surface area contributed by atoms with Gasteiger partial charge in [0.2, 0.25) is 0 Å². The van der Waals surface area contributed by atoms with Crippen LogP contribution in [0.25, 0.3) is 32.4 Å². The first-order valence-corrected chi connectivity index (χ1v) is 9.78. The van der Waals surface area contributed by atoms with Gasteiger partial charge in [-0.25, -0.2) is 15.0 Å². The summed E-state index contributed by atoms with van der Waals surface area (Å²) < 4.78 is 0. The predicted octanol–water partition coefficient (Wildman–Crippen LogP) is 3.80. The molecule has 1 aliphatic rings. The number of thiazole rings is 1. The van der Waals surface area contributed by atoms with Crippen molar-refractivity contribution in [1.82, 2.24) is 24.8 Å². The molecule has 0 radical (unpaired) electrons. The number of likely N-dealkylation sites (tertiary alicyclic amines) is 1. The van der Waals surface area contributed by atoms with Crippen LogP contribution in [0.2, 0.25) is 0 Å². The molecule has 0 aliphatic carbocycles. The Morgan fingerprint density at radius 3 is 2.77 bits per heavy atom. The molecule has 0 amide bonds. The molecule has 0 unspecified atom stereocenters. The number of fused-ring (bicyclic) bond motifs is 3. The zero-order valence-corrected chi connectivity index (χ0v) is 15.2. The third-order valence-electron chi connectivity index (χ3n) is 5.00. The standard InChI is InChI=1S/C19H20N6S/c20-17-7-13-14-6-12(8-23-19(14)24-15(13)9-21-17)16-10-22-18(26-16)11-25-4-2-1-3-5-25/h6-10H,1-5,11H2,(H2,20,21)(H,23,24). The molecular formula is C19H20N6S. The van der Waals surface area contributed by atoms with E-state index in [1.165, 1.54) is 37.4 Å². The lowest BCUT2D eigenvalue weighted by molar-refractivity contribution is 0.220. The molecule has 6 nitrogen and oxygen atoms in total. The Labute approximate surface area is 155 Å². The third kappa shape index (κ3) is 2.83. The van der Waals surface area contributed by atoms with Gasteiger partial charge in [-0.1, -0.05) is 6.42 Å². The van der Waals surface area contributed by atoms with E-state index in [4.69, 9.17) is 5.73 Å². The van der Waals surface area contributed by atoms with Crippen molar-refractivity contribution in [1.29, 1.82) is 0 Å². The van der Waals surface area contributed by atoms with Crippen LogP contribution < -0.4 is 5.73 Å². The first-order chi connectivity index (χ1) is 12.8. The Balaban J connectivity index is 1.48.